The van der Waals surface area contributed by atoms with Crippen LogP contribution in [-0.4, -0.2) is 49.6 Å². The van der Waals surface area contributed by atoms with Gasteiger partial charge in [-0.05, 0) is 23.3 Å². The van der Waals surface area contributed by atoms with E-state index < -0.39 is 6.04 Å². The molecule has 2 aliphatic rings. The van der Waals surface area contributed by atoms with Gasteiger partial charge in [-0.25, -0.2) is 4.79 Å². The molecule has 0 aliphatic carbocycles. The van der Waals surface area contributed by atoms with E-state index in [1.165, 1.54) is 4.90 Å². The summed E-state index contributed by atoms with van der Waals surface area (Å²) in [5.74, 6) is 1.12. The van der Waals surface area contributed by atoms with E-state index in [1.807, 2.05) is 42.5 Å². The summed E-state index contributed by atoms with van der Waals surface area (Å²) in [6.45, 7) is 0.882. The molecule has 7 nitrogen and oxygen atoms in total. The van der Waals surface area contributed by atoms with Gasteiger partial charge in [0.1, 0.15) is 11.5 Å². The Bertz CT molecular complexity index is 965. The van der Waals surface area contributed by atoms with E-state index in [9.17, 15) is 9.59 Å². The third-order valence-corrected chi connectivity index (χ3v) is 5.36. The second kappa shape index (κ2) is 7.50. The van der Waals surface area contributed by atoms with E-state index in [4.69, 9.17) is 9.47 Å². The van der Waals surface area contributed by atoms with Crippen molar-refractivity contribution in [3.63, 3.8) is 0 Å². The summed E-state index contributed by atoms with van der Waals surface area (Å²) in [4.78, 5) is 29.2. The van der Waals surface area contributed by atoms with Crippen molar-refractivity contribution in [2.75, 3.05) is 27.8 Å². The van der Waals surface area contributed by atoms with E-state index in [-0.39, 0.29) is 11.9 Å². The predicted octanol–water partition coefficient (Wildman–Crippen LogP) is 2.70. The summed E-state index contributed by atoms with van der Waals surface area (Å²) in [6.07, 6.45) is 0. The number of rotatable bonds is 5. The maximum absolute atomic E-state index is 13.3. The molecule has 1 atom stereocenters. The zero-order chi connectivity index (χ0) is 20.5. The fraction of sp³-hybridized carbons (Fsp3) is 0.273. The highest BCUT2D eigenvalue weighted by Crippen LogP contribution is 2.38. The summed E-state index contributed by atoms with van der Waals surface area (Å²) in [7, 11) is 4.82. The number of urea groups is 1. The molecule has 29 heavy (non-hydrogen) atoms. The molecule has 4 rings (SSSR count). The molecule has 150 valence electrons. The van der Waals surface area contributed by atoms with E-state index in [0.29, 0.717) is 30.2 Å². The Hall–Kier alpha value is -3.48. The van der Waals surface area contributed by atoms with Crippen molar-refractivity contribution in [1.82, 2.24) is 15.1 Å². The van der Waals surface area contributed by atoms with E-state index in [1.54, 1.807) is 32.2 Å². The second-order valence-electron chi connectivity index (χ2n) is 7.09. The molecule has 7 heteroatoms. The van der Waals surface area contributed by atoms with Gasteiger partial charge in [0.05, 0.1) is 38.1 Å². The molecule has 3 amide bonds. The van der Waals surface area contributed by atoms with E-state index in [2.05, 4.69) is 5.32 Å². The minimum Gasteiger partial charge on any atom is -0.497 e. The van der Waals surface area contributed by atoms with Crippen LogP contribution >= 0.6 is 0 Å². The van der Waals surface area contributed by atoms with Crippen molar-refractivity contribution >= 4 is 11.9 Å². The fourth-order valence-corrected chi connectivity index (χ4v) is 3.80. The van der Waals surface area contributed by atoms with Crippen LogP contribution in [0.25, 0.3) is 0 Å². The minimum atomic E-state index is -0.564. The standard InChI is InChI=1S/C22H23N3O4/c1-24-18-13-25(12-14-7-5-4-6-8-14)21(26)19(18)20(23-22(24)27)15-9-16(28-2)11-17(10-15)29-3/h4-11,20H,12-13H2,1-3H3,(H,23,27)/t20-/m0/s1. The molecular formula is C22H23N3O4. The normalized spacial score (nSPS) is 18.7. The Labute approximate surface area is 169 Å². The van der Waals surface area contributed by atoms with Crippen LogP contribution in [0.3, 0.4) is 0 Å². The largest absolute Gasteiger partial charge is 0.497 e. The van der Waals surface area contributed by atoms with Crippen LogP contribution in [0.4, 0.5) is 4.79 Å². The Balaban J connectivity index is 1.71. The van der Waals surface area contributed by atoms with Crippen LogP contribution in [0.2, 0.25) is 0 Å². The van der Waals surface area contributed by atoms with Crippen LogP contribution in [0.15, 0.2) is 59.8 Å². The number of methoxy groups -OCH3 is 2. The number of carbonyl (C=O) groups is 2. The maximum atomic E-state index is 13.3. The summed E-state index contributed by atoms with van der Waals surface area (Å²) >= 11 is 0. The van der Waals surface area contributed by atoms with Gasteiger partial charge in [-0.1, -0.05) is 30.3 Å². The number of carbonyl (C=O) groups excluding carboxylic acids is 2. The first-order chi connectivity index (χ1) is 14.0. The molecule has 0 saturated carbocycles. The predicted molar refractivity (Wildman–Crippen MR) is 107 cm³/mol. The smallest absolute Gasteiger partial charge is 0.322 e. The molecule has 2 aromatic carbocycles. The first-order valence-corrected chi connectivity index (χ1v) is 9.35. The van der Waals surface area contributed by atoms with Crippen molar-refractivity contribution < 1.29 is 19.1 Å². The molecule has 2 aliphatic heterocycles. The highest BCUT2D eigenvalue weighted by Gasteiger charge is 2.43. The number of ether oxygens (including phenoxy) is 2. The Morgan fingerprint density at radius 2 is 1.69 bits per heavy atom. The van der Waals surface area contributed by atoms with Crippen LogP contribution in [0.5, 0.6) is 11.5 Å². The van der Waals surface area contributed by atoms with Gasteiger partial charge in [0.2, 0.25) is 0 Å². The summed E-state index contributed by atoms with van der Waals surface area (Å²) in [6, 6.07) is 14.4. The molecule has 1 N–H and O–H groups in total. The number of hydrogen-bond acceptors (Lipinski definition) is 4. The molecule has 0 spiro atoms. The number of nitrogens with one attached hydrogen (secondary N) is 1. The number of hydrogen-bond donors (Lipinski definition) is 1. The van der Waals surface area contributed by atoms with Crippen LogP contribution in [0, 0.1) is 0 Å². The van der Waals surface area contributed by atoms with Gasteiger partial charge in [-0.15, -0.1) is 0 Å². The minimum absolute atomic E-state index is 0.0810. The molecule has 2 heterocycles. The van der Waals surface area contributed by atoms with Gasteiger partial charge >= 0.3 is 6.03 Å². The molecule has 0 unspecified atom stereocenters. The average Bonchev–Trinajstić information content (AvgIpc) is 3.07. The van der Waals surface area contributed by atoms with Crippen molar-refractivity contribution in [2.24, 2.45) is 0 Å². The van der Waals surface area contributed by atoms with Crippen molar-refractivity contribution in [1.29, 1.82) is 0 Å². The van der Waals surface area contributed by atoms with Crippen LogP contribution in [0.1, 0.15) is 17.2 Å². The number of benzene rings is 2. The first kappa shape index (κ1) is 18.9. The van der Waals surface area contributed by atoms with Crippen LogP contribution in [-0.2, 0) is 11.3 Å². The molecule has 0 saturated heterocycles. The average molecular weight is 393 g/mol. The van der Waals surface area contributed by atoms with Gasteiger partial charge in [0.15, 0.2) is 0 Å². The zero-order valence-corrected chi connectivity index (χ0v) is 16.6. The summed E-state index contributed by atoms with van der Waals surface area (Å²) in [5.41, 5.74) is 3.09. The lowest BCUT2D eigenvalue weighted by Gasteiger charge is -2.31. The van der Waals surface area contributed by atoms with Crippen molar-refractivity contribution in [3.8, 4) is 11.5 Å². The fourth-order valence-electron chi connectivity index (χ4n) is 3.80. The van der Waals surface area contributed by atoms with E-state index >= 15 is 0 Å². The molecule has 2 aromatic rings. The van der Waals surface area contributed by atoms with Crippen LogP contribution < -0.4 is 14.8 Å². The van der Waals surface area contributed by atoms with Gasteiger partial charge in [-0.3, -0.25) is 9.69 Å². The summed E-state index contributed by atoms with van der Waals surface area (Å²) < 4.78 is 10.7. The third-order valence-electron chi connectivity index (χ3n) is 5.36. The van der Waals surface area contributed by atoms with E-state index in [0.717, 1.165) is 16.8 Å². The molecule has 0 fully saturated rings. The summed E-state index contributed by atoms with van der Waals surface area (Å²) in [5, 5.41) is 2.94. The van der Waals surface area contributed by atoms with Gasteiger partial charge in [0, 0.05) is 19.7 Å². The van der Waals surface area contributed by atoms with Crippen molar-refractivity contribution in [3.05, 3.63) is 70.9 Å². The highest BCUT2D eigenvalue weighted by molar-refractivity contribution is 6.01. The molecular weight excluding hydrogens is 370 g/mol. The van der Waals surface area contributed by atoms with Gasteiger partial charge < -0.3 is 19.7 Å². The van der Waals surface area contributed by atoms with Gasteiger partial charge in [0.25, 0.3) is 5.91 Å². The monoisotopic (exact) mass is 393 g/mol. The molecule has 0 bridgehead atoms. The first-order valence-electron chi connectivity index (χ1n) is 9.35. The SMILES string of the molecule is COc1cc(OC)cc([C@@H]2NC(=O)N(C)C3=C2C(=O)N(Cc2ccccc2)C3)c1. The number of nitrogens with zero attached hydrogens (tertiary/aromatic N) is 2. The Kier molecular flexibility index (Phi) is 4.88. The van der Waals surface area contributed by atoms with Crippen molar-refractivity contribution in [2.45, 2.75) is 12.6 Å². The lowest BCUT2D eigenvalue weighted by molar-refractivity contribution is -0.126. The maximum Gasteiger partial charge on any atom is 0.322 e. The molecule has 0 aromatic heterocycles. The quantitative estimate of drug-likeness (QED) is 0.848. The third kappa shape index (κ3) is 3.40. The Morgan fingerprint density at radius 1 is 1.03 bits per heavy atom. The number of likely N-dealkylation sites (N-methyl/N-ethyl adjacent to an activating group) is 1. The Morgan fingerprint density at radius 3 is 2.31 bits per heavy atom. The highest BCUT2D eigenvalue weighted by atomic mass is 16.5. The lowest BCUT2D eigenvalue weighted by Crippen LogP contribution is -2.45. The lowest BCUT2D eigenvalue weighted by atomic mass is 9.95. The molecule has 0 radical (unpaired) electrons. The second-order valence-corrected chi connectivity index (χ2v) is 7.09. The number of amides is 3. The van der Waals surface area contributed by atoms with Gasteiger partial charge in [-0.2, -0.15) is 0 Å². The zero-order valence-electron chi connectivity index (χ0n) is 16.6. The topological polar surface area (TPSA) is 71.1 Å².